The summed E-state index contributed by atoms with van der Waals surface area (Å²) in [5.41, 5.74) is 1.03. The fourth-order valence-corrected chi connectivity index (χ4v) is 1.11. The SMILES string of the molecule is Cc1nc(CNCc2ccn[nH]2)no1. The zero-order valence-corrected chi connectivity index (χ0v) is 7.82. The molecule has 0 aliphatic rings. The second-order valence-corrected chi connectivity index (χ2v) is 2.92. The van der Waals surface area contributed by atoms with Crippen LogP contribution in [0.3, 0.4) is 0 Å². The first-order valence-electron chi connectivity index (χ1n) is 4.33. The van der Waals surface area contributed by atoms with Crippen LogP contribution in [-0.4, -0.2) is 20.3 Å². The number of aromatic nitrogens is 4. The molecule has 0 aromatic carbocycles. The zero-order chi connectivity index (χ0) is 9.80. The van der Waals surface area contributed by atoms with Gasteiger partial charge in [-0.15, -0.1) is 0 Å². The lowest BCUT2D eigenvalue weighted by atomic mass is 10.4. The third-order valence-electron chi connectivity index (χ3n) is 1.73. The van der Waals surface area contributed by atoms with Gasteiger partial charge in [0.2, 0.25) is 5.89 Å². The van der Waals surface area contributed by atoms with E-state index in [-0.39, 0.29) is 0 Å². The summed E-state index contributed by atoms with van der Waals surface area (Å²) < 4.78 is 4.83. The molecule has 0 fully saturated rings. The molecule has 0 saturated carbocycles. The van der Waals surface area contributed by atoms with E-state index in [0.717, 1.165) is 5.69 Å². The first-order valence-corrected chi connectivity index (χ1v) is 4.33. The van der Waals surface area contributed by atoms with Crippen molar-refractivity contribution >= 4 is 0 Å². The second-order valence-electron chi connectivity index (χ2n) is 2.92. The largest absolute Gasteiger partial charge is 0.340 e. The van der Waals surface area contributed by atoms with Crippen molar-refractivity contribution in [2.75, 3.05) is 0 Å². The molecule has 0 atom stereocenters. The van der Waals surface area contributed by atoms with Gasteiger partial charge in [-0.2, -0.15) is 10.1 Å². The highest BCUT2D eigenvalue weighted by Crippen LogP contribution is 1.95. The Hall–Kier alpha value is -1.69. The molecule has 74 valence electrons. The van der Waals surface area contributed by atoms with Gasteiger partial charge in [0, 0.05) is 25.4 Å². The van der Waals surface area contributed by atoms with Crippen molar-refractivity contribution in [1.82, 2.24) is 25.7 Å². The Morgan fingerprint density at radius 2 is 2.43 bits per heavy atom. The molecule has 2 heterocycles. The van der Waals surface area contributed by atoms with Crippen LogP contribution in [0.2, 0.25) is 0 Å². The fraction of sp³-hybridized carbons (Fsp3) is 0.375. The maximum atomic E-state index is 4.83. The summed E-state index contributed by atoms with van der Waals surface area (Å²) in [5, 5.41) is 13.6. The molecule has 2 aromatic heterocycles. The van der Waals surface area contributed by atoms with Crippen molar-refractivity contribution in [1.29, 1.82) is 0 Å². The molecule has 2 rings (SSSR count). The van der Waals surface area contributed by atoms with Crippen molar-refractivity contribution in [2.24, 2.45) is 0 Å². The monoisotopic (exact) mass is 193 g/mol. The van der Waals surface area contributed by atoms with E-state index < -0.39 is 0 Å². The van der Waals surface area contributed by atoms with Crippen LogP contribution in [0.4, 0.5) is 0 Å². The number of nitrogens with one attached hydrogen (secondary N) is 2. The van der Waals surface area contributed by atoms with Crippen LogP contribution >= 0.6 is 0 Å². The molecule has 0 saturated heterocycles. The van der Waals surface area contributed by atoms with Crippen molar-refractivity contribution < 1.29 is 4.52 Å². The van der Waals surface area contributed by atoms with Crippen molar-refractivity contribution in [3.05, 3.63) is 29.7 Å². The predicted octanol–water partition coefficient (Wildman–Crippen LogP) is 0.391. The summed E-state index contributed by atoms with van der Waals surface area (Å²) in [4.78, 5) is 4.06. The van der Waals surface area contributed by atoms with E-state index in [1.54, 1.807) is 13.1 Å². The quantitative estimate of drug-likeness (QED) is 0.734. The highest BCUT2D eigenvalue weighted by molar-refractivity contribution is 4.96. The maximum Gasteiger partial charge on any atom is 0.223 e. The first-order chi connectivity index (χ1) is 6.84. The summed E-state index contributed by atoms with van der Waals surface area (Å²) in [6.07, 6.45) is 1.72. The van der Waals surface area contributed by atoms with Gasteiger partial charge in [0.25, 0.3) is 0 Å². The fourth-order valence-electron chi connectivity index (χ4n) is 1.11. The molecule has 0 bridgehead atoms. The molecule has 0 amide bonds. The van der Waals surface area contributed by atoms with E-state index in [2.05, 4.69) is 25.7 Å². The number of hydrogen-bond donors (Lipinski definition) is 2. The predicted molar refractivity (Wildman–Crippen MR) is 48.2 cm³/mol. The normalized spacial score (nSPS) is 10.6. The first kappa shape index (κ1) is 8.89. The molecule has 0 aliphatic carbocycles. The van der Waals surface area contributed by atoms with E-state index >= 15 is 0 Å². The Bertz CT molecular complexity index is 380. The Labute approximate surface area is 80.7 Å². The van der Waals surface area contributed by atoms with Gasteiger partial charge in [0.15, 0.2) is 5.82 Å². The van der Waals surface area contributed by atoms with Crippen LogP contribution in [0.1, 0.15) is 17.4 Å². The average Bonchev–Trinajstić information content (AvgIpc) is 2.77. The third-order valence-corrected chi connectivity index (χ3v) is 1.73. The summed E-state index contributed by atoms with van der Waals surface area (Å²) in [6, 6.07) is 1.91. The standard InChI is InChI=1S/C8H11N5O/c1-6-11-8(13-14-6)5-9-4-7-2-3-10-12-7/h2-3,9H,4-5H2,1H3,(H,10,12). The lowest BCUT2D eigenvalue weighted by Crippen LogP contribution is -2.13. The van der Waals surface area contributed by atoms with Gasteiger partial charge < -0.3 is 9.84 Å². The van der Waals surface area contributed by atoms with Crippen LogP contribution < -0.4 is 5.32 Å². The molecule has 6 nitrogen and oxygen atoms in total. The summed E-state index contributed by atoms with van der Waals surface area (Å²) >= 11 is 0. The van der Waals surface area contributed by atoms with Crippen LogP contribution in [0.15, 0.2) is 16.8 Å². The molecule has 2 N–H and O–H groups in total. The summed E-state index contributed by atoms with van der Waals surface area (Å²) in [6.45, 7) is 3.08. The zero-order valence-electron chi connectivity index (χ0n) is 7.82. The third kappa shape index (κ3) is 2.17. The Kier molecular flexibility index (Phi) is 2.55. The van der Waals surface area contributed by atoms with E-state index in [0.29, 0.717) is 24.8 Å². The van der Waals surface area contributed by atoms with Gasteiger partial charge in [-0.05, 0) is 6.07 Å². The van der Waals surface area contributed by atoms with Crippen LogP contribution in [-0.2, 0) is 13.1 Å². The molecular weight excluding hydrogens is 182 g/mol. The average molecular weight is 193 g/mol. The molecular formula is C8H11N5O. The van der Waals surface area contributed by atoms with Gasteiger partial charge in [0.05, 0.1) is 6.54 Å². The number of nitrogens with zero attached hydrogens (tertiary/aromatic N) is 3. The molecule has 14 heavy (non-hydrogen) atoms. The van der Waals surface area contributed by atoms with E-state index in [4.69, 9.17) is 4.52 Å². The topological polar surface area (TPSA) is 79.6 Å². The van der Waals surface area contributed by atoms with E-state index in [1.807, 2.05) is 6.07 Å². The number of aromatic amines is 1. The van der Waals surface area contributed by atoms with Crippen molar-refractivity contribution in [2.45, 2.75) is 20.0 Å². The van der Waals surface area contributed by atoms with Crippen molar-refractivity contribution in [3.63, 3.8) is 0 Å². The second kappa shape index (κ2) is 4.01. The van der Waals surface area contributed by atoms with Crippen LogP contribution in [0, 0.1) is 6.92 Å². The number of hydrogen-bond acceptors (Lipinski definition) is 5. The molecule has 6 heteroatoms. The van der Waals surface area contributed by atoms with E-state index in [9.17, 15) is 0 Å². The van der Waals surface area contributed by atoms with Crippen LogP contribution in [0.25, 0.3) is 0 Å². The molecule has 0 spiro atoms. The summed E-state index contributed by atoms with van der Waals surface area (Å²) in [5.74, 6) is 1.25. The van der Waals surface area contributed by atoms with Gasteiger partial charge >= 0.3 is 0 Å². The minimum atomic E-state index is 0.586. The van der Waals surface area contributed by atoms with Crippen molar-refractivity contribution in [3.8, 4) is 0 Å². The highest BCUT2D eigenvalue weighted by atomic mass is 16.5. The van der Waals surface area contributed by atoms with Crippen LogP contribution in [0.5, 0.6) is 0 Å². The highest BCUT2D eigenvalue weighted by Gasteiger charge is 2.01. The minimum absolute atomic E-state index is 0.586. The Morgan fingerprint density at radius 3 is 3.07 bits per heavy atom. The molecule has 2 aromatic rings. The smallest absolute Gasteiger partial charge is 0.223 e. The Morgan fingerprint density at radius 1 is 1.50 bits per heavy atom. The lowest BCUT2D eigenvalue weighted by molar-refractivity contribution is 0.385. The summed E-state index contributed by atoms with van der Waals surface area (Å²) in [7, 11) is 0. The van der Waals surface area contributed by atoms with Gasteiger partial charge in [-0.1, -0.05) is 5.16 Å². The van der Waals surface area contributed by atoms with Gasteiger partial charge in [-0.3, -0.25) is 5.10 Å². The molecule has 0 aliphatic heterocycles. The minimum Gasteiger partial charge on any atom is -0.340 e. The Balaban J connectivity index is 1.78. The van der Waals surface area contributed by atoms with Gasteiger partial charge in [0.1, 0.15) is 0 Å². The van der Waals surface area contributed by atoms with E-state index in [1.165, 1.54) is 0 Å². The lowest BCUT2D eigenvalue weighted by Gasteiger charge is -1.97. The number of aryl methyl sites for hydroxylation is 1. The van der Waals surface area contributed by atoms with Gasteiger partial charge in [-0.25, -0.2) is 0 Å². The molecule has 0 radical (unpaired) electrons. The number of H-pyrrole nitrogens is 1. The molecule has 0 unspecified atom stereocenters. The number of rotatable bonds is 4. The maximum absolute atomic E-state index is 4.83.